The molecule has 0 amide bonds. The summed E-state index contributed by atoms with van der Waals surface area (Å²) in [4.78, 5) is 4.20. The first kappa shape index (κ1) is 10.1. The van der Waals surface area contributed by atoms with Gasteiger partial charge in [0.1, 0.15) is 0 Å². The Morgan fingerprint density at radius 1 is 1.19 bits per heavy atom. The van der Waals surface area contributed by atoms with Crippen LogP contribution in [0, 0.1) is 0 Å². The minimum Gasteiger partial charge on any atom is -0.369 e. The summed E-state index contributed by atoms with van der Waals surface area (Å²) in [5.74, 6) is -0.0727. The van der Waals surface area contributed by atoms with E-state index in [9.17, 15) is 0 Å². The Hall–Kier alpha value is -2.43. The van der Waals surface area contributed by atoms with Crippen LogP contribution in [0.4, 0.5) is 0 Å². The molecule has 1 aromatic carbocycles. The first-order valence-corrected chi connectivity index (χ1v) is 4.73. The van der Waals surface area contributed by atoms with Crippen LogP contribution < -0.4 is 11.5 Å². The SMILES string of the molecule is NC(N)=N/N=C/c1nccc2ccccc12. The Balaban J connectivity index is 2.45. The number of nitrogens with zero attached hydrogens (tertiary/aromatic N) is 3. The predicted molar refractivity (Wildman–Crippen MR) is 65.1 cm³/mol. The van der Waals surface area contributed by atoms with Gasteiger partial charge in [0.05, 0.1) is 11.9 Å². The fraction of sp³-hybridized carbons (Fsp3) is 0. The average Bonchev–Trinajstić information content (AvgIpc) is 2.29. The summed E-state index contributed by atoms with van der Waals surface area (Å²) in [5, 5.41) is 9.38. The highest BCUT2D eigenvalue weighted by Gasteiger charge is 1.97. The van der Waals surface area contributed by atoms with E-state index in [1.165, 1.54) is 6.21 Å². The molecular weight excluding hydrogens is 202 g/mol. The topological polar surface area (TPSA) is 89.7 Å². The zero-order valence-electron chi connectivity index (χ0n) is 8.54. The number of hydrogen-bond donors (Lipinski definition) is 2. The molecule has 16 heavy (non-hydrogen) atoms. The van der Waals surface area contributed by atoms with Crippen molar-refractivity contribution in [2.75, 3.05) is 0 Å². The van der Waals surface area contributed by atoms with Crippen LogP contribution in [0.15, 0.2) is 46.7 Å². The fourth-order valence-electron chi connectivity index (χ4n) is 1.40. The van der Waals surface area contributed by atoms with Gasteiger partial charge < -0.3 is 11.5 Å². The van der Waals surface area contributed by atoms with Crippen molar-refractivity contribution in [3.05, 3.63) is 42.2 Å². The van der Waals surface area contributed by atoms with E-state index in [-0.39, 0.29) is 5.96 Å². The Bertz CT molecular complexity index is 550. The largest absolute Gasteiger partial charge is 0.369 e. The molecule has 2 rings (SSSR count). The minimum atomic E-state index is -0.0727. The lowest BCUT2D eigenvalue weighted by Crippen LogP contribution is -2.21. The van der Waals surface area contributed by atoms with Gasteiger partial charge in [-0.1, -0.05) is 24.3 Å². The number of hydrogen-bond acceptors (Lipinski definition) is 3. The van der Waals surface area contributed by atoms with Crippen molar-refractivity contribution >= 4 is 22.9 Å². The highest BCUT2D eigenvalue weighted by molar-refractivity contribution is 5.97. The molecule has 0 atom stereocenters. The highest BCUT2D eigenvalue weighted by atomic mass is 15.3. The van der Waals surface area contributed by atoms with E-state index in [1.54, 1.807) is 6.20 Å². The second-order valence-corrected chi connectivity index (χ2v) is 3.19. The molecule has 80 valence electrons. The monoisotopic (exact) mass is 213 g/mol. The van der Waals surface area contributed by atoms with E-state index < -0.39 is 0 Å². The summed E-state index contributed by atoms with van der Waals surface area (Å²) in [6.07, 6.45) is 3.25. The van der Waals surface area contributed by atoms with E-state index in [0.717, 1.165) is 16.5 Å². The molecule has 0 unspecified atom stereocenters. The molecular formula is C11H11N5. The molecule has 0 fully saturated rings. The molecule has 0 spiro atoms. The number of rotatable bonds is 2. The van der Waals surface area contributed by atoms with E-state index in [2.05, 4.69) is 15.2 Å². The van der Waals surface area contributed by atoms with Crippen molar-refractivity contribution < 1.29 is 0 Å². The molecule has 1 heterocycles. The van der Waals surface area contributed by atoms with Crippen LogP contribution >= 0.6 is 0 Å². The smallest absolute Gasteiger partial charge is 0.211 e. The van der Waals surface area contributed by atoms with Crippen molar-refractivity contribution in [2.24, 2.45) is 21.7 Å². The standard InChI is InChI=1S/C11H11N5/c12-11(13)16-15-7-10-9-4-2-1-3-8(9)5-6-14-10/h1-7H,(H4,12,13,16)/b15-7+. The molecule has 0 radical (unpaired) electrons. The lowest BCUT2D eigenvalue weighted by Gasteiger charge is -1.98. The van der Waals surface area contributed by atoms with Crippen LogP contribution in [0.3, 0.4) is 0 Å². The summed E-state index contributed by atoms with van der Waals surface area (Å²) < 4.78 is 0. The summed E-state index contributed by atoms with van der Waals surface area (Å²) in [7, 11) is 0. The number of nitrogens with two attached hydrogens (primary N) is 2. The zero-order valence-corrected chi connectivity index (χ0v) is 8.54. The molecule has 0 bridgehead atoms. The van der Waals surface area contributed by atoms with Gasteiger partial charge in [0.15, 0.2) is 0 Å². The maximum atomic E-state index is 5.16. The van der Waals surface area contributed by atoms with Gasteiger partial charge in [-0.3, -0.25) is 4.98 Å². The van der Waals surface area contributed by atoms with Gasteiger partial charge >= 0.3 is 0 Å². The second kappa shape index (κ2) is 4.39. The number of benzene rings is 1. The number of guanidine groups is 1. The number of fused-ring (bicyclic) bond motifs is 1. The molecule has 0 aliphatic carbocycles. The maximum absolute atomic E-state index is 5.16. The van der Waals surface area contributed by atoms with Gasteiger partial charge in [-0.2, -0.15) is 5.10 Å². The Kier molecular flexibility index (Phi) is 2.77. The third-order valence-corrected chi connectivity index (χ3v) is 2.06. The van der Waals surface area contributed by atoms with Crippen LogP contribution in [0.2, 0.25) is 0 Å². The quantitative estimate of drug-likeness (QED) is 0.440. The third-order valence-electron chi connectivity index (χ3n) is 2.06. The van der Waals surface area contributed by atoms with Crippen molar-refractivity contribution in [3.63, 3.8) is 0 Å². The van der Waals surface area contributed by atoms with Gasteiger partial charge in [0.25, 0.3) is 0 Å². The molecule has 5 heteroatoms. The van der Waals surface area contributed by atoms with Crippen LogP contribution in [0.5, 0.6) is 0 Å². The zero-order chi connectivity index (χ0) is 11.4. The van der Waals surface area contributed by atoms with Gasteiger partial charge in [0, 0.05) is 11.6 Å². The van der Waals surface area contributed by atoms with Gasteiger partial charge in [-0.15, -0.1) is 5.10 Å². The van der Waals surface area contributed by atoms with Crippen LogP contribution in [-0.2, 0) is 0 Å². The predicted octanol–water partition coefficient (Wildman–Crippen LogP) is 0.842. The van der Waals surface area contributed by atoms with Crippen molar-refractivity contribution in [1.29, 1.82) is 0 Å². The lowest BCUT2D eigenvalue weighted by atomic mass is 10.1. The van der Waals surface area contributed by atoms with Crippen LogP contribution in [0.1, 0.15) is 5.69 Å². The summed E-state index contributed by atoms with van der Waals surface area (Å²) >= 11 is 0. The maximum Gasteiger partial charge on any atom is 0.211 e. The van der Waals surface area contributed by atoms with E-state index in [1.807, 2.05) is 30.3 Å². The molecule has 4 N–H and O–H groups in total. The van der Waals surface area contributed by atoms with Gasteiger partial charge in [-0.25, -0.2) is 0 Å². The fourth-order valence-corrected chi connectivity index (χ4v) is 1.40. The summed E-state index contributed by atoms with van der Waals surface area (Å²) in [6, 6.07) is 9.84. The third kappa shape index (κ3) is 2.14. The summed E-state index contributed by atoms with van der Waals surface area (Å²) in [6.45, 7) is 0. The molecule has 0 aliphatic rings. The Morgan fingerprint density at radius 3 is 2.81 bits per heavy atom. The van der Waals surface area contributed by atoms with Gasteiger partial charge in [-0.05, 0) is 11.5 Å². The molecule has 5 nitrogen and oxygen atoms in total. The van der Waals surface area contributed by atoms with Crippen molar-refractivity contribution in [3.8, 4) is 0 Å². The normalized spacial score (nSPS) is 10.8. The Labute approximate surface area is 92.5 Å². The van der Waals surface area contributed by atoms with Crippen LogP contribution in [-0.4, -0.2) is 17.2 Å². The van der Waals surface area contributed by atoms with E-state index >= 15 is 0 Å². The minimum absolute atomic E-state index is 0.0727. The van der Waals surface area contributed by atoms with Gasteiger partial charge in [0.2, 0.25) is 5.96 Å². The number of aromatic nitrogens is 1. The van der Waals surface area contributed by atoms with Crippen molar-refractivity contribution in [1.82, 2.24) is 4.98 Å². The molecule has 0 saturated carbocycles. The number of pyridine rings is 1. The molecule has 1 aromatic heterocycles. The first-order chi connectivity index (χ1) is 7.77. The highest BCUT2D eigenvalue weighted by Crippen LogP contribution is 2.14. The van der Waals surface area contributed by atoms with E-state index in [4.69, 9.17) is 11.5 Å². The molecule has 0 aliphatic heterocycles. The lowest BCUT2D eigenvalue weighted by molar-refractivity contribution is 1.21. The molecule has 2 aromatic rings. The first-order valence-electron chi connectivity index (χ1n) is 4.73. The second-order valence-electron chi connectivity index (χ2n) is 3.19. The molecule has 0 saturated heterocycles. The Morgan fingerprint density at radius 2 is 2.00 bits per heavy atom. The average molecular weight is 213 g/mol. The van der Waals surface area contributed by atoms with Crippen LogP contribution in [0.25, 0.3) is 10.8 Å². The summed E-state index contributed by atoms with van der Waals surface area (Å²) in [5.41, 5.74) is 11.1. The van der Waals surface area contributed by atoms with E-state index in [0.29, 0.717) is 0 Å². The van der Waals surface area contributed by atoms with Crippen molar-refractivity contribution in [2.45, 2.75) is 0 Å².